The second-order valence-electron chi connectivity index (χ2n) is 6.49. The van der Waals surface area contributed by atoms with Crippen molar-refractivity contribution < 1.29 is 9.21 Å². The molecular formula is C14H18N6O2S. The van der Waals surface area contributed by atoms with E-state index in [0.717, 1.165) is 11.5 Å². The average molecular weight is 334 g/mol. The first-order chi connectivity index (χ1) is 10.9. The molecule has 2 aromatic rings. The number of fused-ring (bicyclic) bond motifs is 1. The Labute approximate surface area is 137 Å². The average Bonchev–Trinajstić information content (AvgIpc) is 3.16. The number of thioether (sulfide) groups is 1. The second-order valence-corrected chi connectivity index (χ2v) is 8.26. The summed E-state index contributed by atoms with van der Waals surface area (Å²) in [5.41, 5.74) is 5.92. The topological polar surface area (TPSA) is 103 Å². The minimum atomic E-state index is -0.429. The number of rotatable bonds is 3. The van der Waals surface area contributed by atoms with Gasteiger partial charge in [0.05, 0.1) is 0 Å². The number of aromatic nitrogens is 4. The van der Waals surface area contributed by atoms with Gasteiger partial charge in [-0.25, -0.2) is 4.68 Å². The Kier molecular flexibility index (Phi) is 3.08. The maximum Gasteiger partial charge on any atom is 0.244 e. The predicted octanol–water partition coefficient (Wildman–Crippen LogP) is 0.685. The van der Waals surface area contributed by atoms with Crippen molar-refractivity contribution in [1.29, 1.82) is 0 Å². The third kappa shape index (κ3) is 2.10. The predicted molar refractivity (Wildman–Crippen MR) is 83.4 cm³/mol. The number of carbonyl (C=O) groups excluding carboxylic acids is 1. The van der Waals surface area contributed by atoms with Gasteiger partial charge >= 0.3 is 0 Å². The van der Waals surface area contributed by atoms with Crippen LogP contribution in [0.1, 0.15) is 37.2 Å². The third-order valence-corrected chi connectivity index (χ3v) is 5.98. The van der Waals surface area contributed by atoms with Gasteiger partial charge in [-0.05, 0) is 43.3 Å². The van der Waals surface area contributed by atoms with Crippen molar-refractivity contribution in [3.63, 3.8) is 0 Å². The Balaban J connectivity index is 1.68. The zero-order valence-corrected chi connectivity index (χ0v) is 13.9. The zero-order valence-electron chi connectivity index (χ0n) is 13.1. The molecule has 122 valence electrons. The molecule has 9 heteroatoms. The first-order valence-corrected chi connectivity index (χ1v) is 8.33. The molecule has 2 fully saturated rings. The minimum absolute atomic E-state index is 0.00138. The van der Waals surface area contributed by atoms with Crippen LogP contribution in [0, 0.1) is 6.92 Å². The lowest BCUT2D eigenvalue weighted by Crippen LogP contribution is -2.65. The van der Waals surface area contributed by atoms with E-state index in [4.69, 9.17) is 10.2 Å². The van der Waals surface area contributed by atoms with Gasteiger partial charge < -0.3 is 15.1 Å². The molecule has 2 saturated heterocycles. The number of nitrogens with zero attached hydrogens (tertiary/aromatic N) is 5. The van der Waals surface area contributed by atoms with Gasteiger partial charge in [0.1, 0.15) is 35.5 Å². The van der Waals surface area contributed by atoms with Gasteiger partial charge in [-0.2, -0.15) is 0 Å². The number of hydrogen-bond acceptors (Lipinski definition) is 7. The van der Waals surface area contributed by atoms with Crippen molar-refractivity contribution >= 4 is 17.7 Å². The summed E-state index contributed by atoms with van der Waals surface area (Å²) in [5, 5.41) is 12.1. The van der Waals surface area contributed by atoms with Gasteiger partial charge in [-0.3, -0.25) is 4.79 Å². The standard InChI is InChI=1S/C14H18N6O2S/c1-7-4-5-8(22-7)6-19-11(16-17-18-19)10-14(2,3)23-13-9(15)12(21)20(10)13/h4-5,9-10,13H,6,15H2,1-3H3/t9?,10?,13-/m1/s1. The largest absolute Gasteiger partial charge is 0.464 e. The molecular weight excluding hydrogens is 316 g/mol. The summed E-state index contributed by atoms with van der Waals surface area (Å²) in [4.78, 5) is 14.0. The Bertz CT molecular complexity index is 769. The molecule has 2 aliphatic heterocycles. The summed E-state index contributed by atoms with van der Waals surface area (Å²) in [6.07, 6.45) is 0. The van der Waals surface area contributed by atoms with Gasteiger partial charge in [-0.1, -0.05) is 0 Å². The first-order valence-electron chi connectivity index (χ1n) is 7.45. The third-order valence-electron chi connectivity index (χ3n) is 4.39. The molecule has 2 unspecified atom stereocenters. The van der Waals surface area contributed by atoms with Gasteiger partial charge in [-0.15, -0.1) is 16.9 Å². The fourth-order valence-electron chi connectivity index (χ4n) is 3.30. The van der Waals surface area contributed by atoms with Crippen molar-refractivity contribution in [1.82, 2.24) is 25.1 Å². The highest BCUT2D eigenvalue weighted by molar-refractivity contribution is 8.01. The number of tetrazole rings is 1. The van der Waals surface area contributed by atoms with Crippen LogP contribution in [0.4, 0.5) is 0 Å². The molecule has 23 heavy (non-hydrogen) atoms. The Hall–Kier alpha value is -1.87. The minimum Gasteiger partial charge on any atom is -0.464 e. The summed E-state index contributed by atoms with van der Waals surface area (Å²) in [7, 11) is 0. The van der Waals surface area contributed by atoms with Crippen molar-refractivity contribution in [2.24, 2.45) is 5.73 Å². The molecule has 2 N–H and O–H groups in total. The summed E-state index contributed by atoms with van der Waals surface area (Å²) < 4.78 is 7.10. The van der Waals surface area contributed by atoms with Crippen LogP contribution in [0.25, 0.3) is 0 Å². The number of β-lactam (4-membered cyclic amide) rings is 1. The van der Waals surface area contributed by atoms with Crippen LogP contribution in [-0.4, -0.2) is 47.2 Å². The number of nitrogens with two attached hydrogens (primary N) is 1. The van der Waals surface area contributed by atoms with Crippen LogP contribution in [0.5, 0.6) is 0 Å². The summed E-state index contributed by atoms with van der Waals surface area (Å²) in [6.45, 7) is 6.52. The molecule has 1 amide bonds. The fraction of sp³-hybridized carbons (Fsp3) is 0.571. The molecule has 2 aromatic heterocycles. The quantitative estimate of drug-likeness (QED) is 0.823. The Morgan fingerprint density at radius 1 is 1.43 bits per heavy atom. The van der Waals surface area contributed by atoms with Crippen LogP contribution >= 0.6 is 11.8 Å². The van der Waals surface area contributed by atoms with Crippen LogP contribution in [0.3, 0.4) is 0 Å². The monoisotopic (exact) mass is 334 g/mol. The van der Waals surface area contributed by atoms with Crippen molar-refractivity contribution in [2.75, 3.05) is 0 Å². The molecule has 0 aliphatic carbocycles. The molecule has 2 aliphatic rings. The van der Waals surface area contributed by atoms with E-state index < -0.39 is 6.04 Å². The number of aryl methyl sites for hydroxylation is 1. The van der Waals surface area contributed by atoms with E-state index in [1.165, 1.54) is 0 Å². The molecule has 4 rings (SSSR count). The number of furan rings is 1. The van der Waals surface area contributed by atoms with Crippen LogP contribution in [-0.2, 0) is 11.3 Å². The van der Waals surface area contributed by atoms with Gasteiger partial charge in [0.25, 0.3) is 0 Å². The molecule has 0 saturated carbocycles. The van der Waals surface area contributed by atoms with Crippen molar-refractivity contribution in [2.45, 2.75) is 49.5 Å². The fourth-order valence-corrected chi connectivity index (χ4v) is 4.87. The highest BCUT2D eigenvalue weighted by atomic mass is 32.2. The Morgan fingerprint density at radius 3 is 2.91 bits per heavy atom. The molecule has 0 aromatic carbocycles. The van der Waals surface area contributed by atoms with Gasteiger partial charge in [0.2, 0.25) is 5.91 Å². The smallest absolute Gasteiger partial charge is 0.244 e. The summed E-state index contributed by atoms with van der Waals surface area (Å²) in [6, 6.07) is 3.18. The first kappa shape index (κ1) is 14.7. The van der Waals surface area contributed by atoms with E-state index in [2.05, 4.69) is 29.4 Å². The lowest BCUT2D eigenvalue weighted by atomic mass is 9.95. The Morgan fingerprint density at radius 2 is 2.22 bits per heavy atom. The van der Waals surface area contributed by atoms with E-state index in [1.54, 1.807) is 16.4 Å². The van der Waals surface area contributed by atoms with Crippen LogP contribution in [0.15, 0.2) is 16.5 Å². The number of carbonyl (C=O) groups is 1. The van der Waals surface area contributed by atoms with Crippen molar-refractivity contribution in [3.8, 4) is 0 Å². The van der Waals surface area contributed by atoms with E-state index >= 15 is 0 Å². The van der Waals surface area contributed by atoms with E-state index in [1.807, 2.05) is 24.0 Å². The molecule has 0 bridgehead atoms. The van der Waals surface area contributed by atoms with Crippen LogP contribution in [0.2, 0.25) is 0 Å². The maximum atomic E-state index is 12.2. The van der Waals surface area contributed by atoms with Gasteiger partial charge in [0, 0.05) is 4.75 Å². The molecule has 8 nitrogen and oxygen atoms in total. The lowest BCUT2D eigenvalue weighted by molar-refractivity contribution is -0.147. The summed E-state index contributed by atoms with van der Waals surface area (Å²) >= 11 is 1.70. The number of hydrogen-bond donors (Lipinski definition) is 1. The molecule has 0 radical (unpaired) electrons. The molecule has 0 spiro atoms. The highest BCUT2D eigenvalue weighted by Gasteiger charge is 2.62. The van der Waals surface area contributed by atoms with Crippen LogP contribution < -0.4 is 5.73 Å². The van der Waals surface area contributed by atoms with Crippen molar-refractivity contribution in [3.05, 3.63) is 29.5 Å². The highest BCUT2D eigenvalue weighted by Crippen LogP contribution is 2.56. The van der Waals surface area contributed by atoms with E-state index in [9.17, 15) is 4.79 Å². The molecule has 4 heterocycles. The van der Waals surface area contributed by atoms with Gasteiger partial charge in [0.15, 0.2) is 5.82 Å². The summed E-state index contributed by atoms with van der Waals surface area (Å²) in [5.74, 6) is 2.25. The van der Waals surface area contributed by atoms with E-state index in [-0.39, 0.29) is 22.1 Å². The second kappa shape index (κ2) is 4.81. The van der Waals surface area contributed by atoms with E-state index in [0.29, 0.717) is 12.4 Å². The zero-order chi connectivity index (χ0) is 16.4. The molecule has 3 atom stereocenters. The lowest BCUT2D eigenvalue weighted by Gasteiger charge is -2.42. The normalized spacial score (nSPS) is 28.8. The number of amides is 1. The SMILES string of the molecule is Cc1ccc(Cn2nnnc2C2N3C(=O)C(N)[C@H]3SC2(C)C)o1. The maximum absolute atomic E-state index is 12.2.